The number of carbonyl (C=O) groups excluding carboxylic acids is 1. The number of carbonyl (C=O) groups is 1. The number of rotatable bonds is 4. The van der Waals surface area contributed by atoms with Crippen LogP contribution in [0.15, 0.2) is 24.3 Å². The second kappa shape index (κ2) is 10.4. The number of nitrogens with one attached hydrogen (secondary N) is 1. The number of hydrogen-bond acceptors (Lipinski definition) is 3. The van der Waals surface area contributed by atoms with Crippen LogP contribution in [-0.2, 0) is 4.79 Å². The Morgan fingerprint density at radius 1 is 1.39 bits per heavy atom. The molecular weight excluding hydrogens is 357 g/mol. The lowest BCUT2D eigenvalue weighted by Gasteiger charge is -2.38. The van der Waals surface area contributed by atoms with E-state index in [2.05, 4.69) is 24.1 Å². The summed E-state index contributed by atoms with van der Waals surface area (Å²) < 4.78 is 0. The molecule has 1 unspecified atom stereocenters. The zero-order chi connectivity index (χ0) is 15.4. The molecule has 0 aromatic heterocycles. The third kappa shape index (κ3) is 5.80. The van der Waals surface area contributed by atoms with E-state index in [9.17, 15) is 4.79 Å². The van der Waals surface area contributed by atoms with Gasteiger partial charge in [0.1, 0.15) is 0 Å². The van der Waals surface area contributed by atoms with Crippen molar-refractivity contribution < 1.29 is 4.79 Å². The van der Waals surface area contributed by atoms with E-state index >= 15 is 0 Å². The molecule has 1 heterocycles. The Kier molecular flexibility index (Phi) is 10.1. The van der Waals surface area contributed by atoms with Crippen LogP contribution in [0.1, 0.15) is 25.5 Å². The average Bonchev–Trinajstić information content (AvgIpc) is 2.47. The predicted octanol–water partition coefficient (Wildman–Crippen LogP) is 3.00. The molecule has 1 atom stereocenters. The van der Waals surface area contributed by atoms with Crippen LogP contribution in [0.3, 0.4) is 0 Å². The fraction of sp³-hybridized carbons (Fsp3) is 0.562. The Hall–Kier alpha value is -0.520. The minimum absolute atomic E-state index is 0. The number of likely N-dealkylation sites (N-methyl/N-ethyl adjacent to an activating group) is 1. The molecule has 1 aromatic rings. The minimum Gasteiger partial charge on any atom is -0.332 e. The summed E-state index contributed by atoms with van der Waals surface area (Å²) in [7, 11) is 1.98. The number of halogens is 3. The summed E-state index contributed by atoms with van der Waals surface area (Å²) in [6.45, 7) is 6.94. The summed E-state index contributed by atoms with van der Waals surface area (Å²) in [5.74, 6) is 0.164. The van der Waals surface area contributed by atoms with E-state index in [1.54, 1.807) is 0 Å². The monoisotopic (exact) mass is 381 g/mol. The Morgan fingerprint density at radius 3 is 2.65 bits per heavy atom. The van der Waals surface area contributed by atoms with E-state index in [0.717, 1.165) is 30.2 Å². The first-order valence-electron chi connectivity index (χ1n) is 7.45. The zero-order valence-electron chi connectivity index (χ0n) is 13.8. The molecule has 1 N–H and O–H groups in total. The van der Waals surface area contributed by atoms with Gasteiger partial charge in [0.25, 0.3) is 0 Å². The number of nitrogens with zero attached hydrogens (tertiary/aromatic N) is 2. The summed E-state index contributed by atoms with van der Waals surface area (Å²) in [5, 5.41) is 4.08. The van der Waals surface area contributed by atoms with Crippen molar-refractivity contribution in [1.82, 2.24) is 15.1 Å². The molecule has 0 aliphatic carbocycles. The summed E-state index contributed by atoms with van der Waals surface area (Å²) in [6, 6.07) is 8.15. The summed E-state index contributed by atoms with van der Waals surface area (Å²) in [4.78, 5) is 16.6. The SMILES string of the molecule is CC(C)N(C)CC(=O)N1CCNCC1c1ccccc1Cl.Cl.Cl. The van der Waals surface area contributed by atoms with Crippen molar-refractivity contribution in [2.24, 2.45) is 0 Å². The van der Waals surface area contributed by atoms with Crippen molar-refractivity contribution in [3.05, 3.63) is 34.9 Å². The van der Waals surface area contributed by atoms with Crippen LogP contribution in [0.5, 0.6) is 0 Å². The van der Waals surface area contributed by atoms with Gasteiger partial charge in [0.05, 0.1) is 12.6 Å². The maximum absolute atomic E-state index is 12.6. The maximum Gasteiger partial charge on any atom is 0.237 e. The van der Waals surface area contributed by atoms with E-state index in [-0.39, 0.29) is 36.8 Å². The molecule has 0 bridgehead atoms. The van der Waals surface area contributed by atoms with Gasteiger partial charge in [0.15, 0.2) is 0 Å². The fourth-order valence-corrected chi connectivity index (χ4v) is 2.77. The van der Waals surface area contributed by atoms with Gasteiger partial charge in [-0.05, 0) is 32.5 Å². The molecule has 4 nitrogen and oxygen atoms in total. The lowest BCUT2D eigenvalue weighted by molar-refractivity contribution is -0.135. The molecule has 1 aromatic carbocycles. The molecule has 132 valence electrons. The van der Waals surface area contributed by atoms with Crippen LogP contribution < -0.4 is 5.32 Å². The summed E-state index contributed by atoms with van der Waals surface area (Å²) >= 11 is 6.31. The standard InChI is InChI=1S/C16H24ClN3O.2ClH/c1-12(2)19(3)11-16(21)20-9-8-18-10-15(20)13-6-4-5-7-14(13)17;;/h4-7,12,15,18H,8-11H2,1-3H3;2*1H. The molecule has 0 saturated carbocycles. The first kappa shape index (κ1) is 22.5. The summed E-state index contributed by atoms with van der Waals surface area (Å²) in [5.41, 5.74) is 1.02. The van der Waals surface area contributed by atoms with Crippen molar-refractivity contribution in [3.8, 4) is 0 Å². The quantitative estimate of drug-likeness (QED) is 0.869. The van der Waals surface area contributed by atoms with Crippen molar-refractivity contribution in [2.75, 3.05) is 33.2 Å². The van der Waals surface area contributed by atoms with Crippen LogP contribution in [0.2, 0.25) is 5.02 Å². The number of benzene rings is 1. The molecule has 1 fully saturated rings. The number of amides is 1. The normalized spacial score (nSPS) is 17.7. The molecule has 1 aliphatic rings. The number of hydrogen-bond donors (Lipinski definition) is 1. The van der Waals surface area contributed by atoms with Gasteiger partial charge in [0, 0.05) is 30.7 Å². The van der Waals surface area contributed by atoms with Gasteiger partial charge in [-0.1, -0.05) is 29.8 Å². The molecule has 2 rings (SSSR count). The van der Waals surface area contributed by atoms with Crippen LogP contribution >= 0.6 is 36.4 Å². The largest absolute Gasteiger partial charge is 0.332 e. The van der Waals surface area contributed by atoms with E-state index in [0.29, 0.717) is 12.6 Å². The molecule has 1 aliphatic heterocycles. The van der Waals surface area contributed by atoms with Crippen molar-refractivity contribution in [2.45, 2.75) is 25.9 Å². The van der Waals surface area contributed by atoms with Gasteiger partial charge in [-0.25, -0.2) is 0 Å². The van der Waals surface area contributed by atoms with Gasteiger partial charge < -0.3 is 10.2 Å². The molecule has 7 heteroatoms. The van der Waals surface area contributed by atoms with Crippen molar-refractivity contribution in [1.29, 1.82) is 0 Å². The maximum atomic E-state index is 12.6. The van der Waals surface area contributed by atoms with E-state index in [1.807, 2.05) is 36.2 Å². The Bertz CT molecular complexity index is 499. The fourth-order valence-electron chi connectivity index (χ4n) is 2.51. The highest BCUT2D eigenvalue weighted by atomic mass is 35.5. The molecule has 0 radical (unpaired) electrons. The van der Waals surface area contributed by atoms with Crippen molar-refractivity contribution >= 4 is 42.3 Å². The topological polar surface area (TPSA) is 35.6 Å². The van der Waals surface area contributed by atoms with E-state index in [1.165, 1.54) is 0 Å². The van der Waals surface area contributed by atoms with E-state index < -0.39 is 0 Å². The number of piperazine rings is 1. The Morgan fingerprint density at radius 2 is 2.04 bits per heavy atom. The van der Waals surface area contributed by atoms with Gasteiger partial charge in [-0.2, -0.15) is 0 Å². The molecule has 0 spiro atoms. The first-order chi connectivity index (χ1) is 10.0. The van der Waals surface area contributed by atoms with Gasteiger partial charge in [-0.15, -0.1) is 24.8 Å². The van der Waals surface area contributed by atoms with Crippen LogP contribution in [0.4, 0.5) is 0 Å². The van der Waals surface area contributed by atoms with Crippen molar-refractivity contribution in [3.63, 3.8) is 0 Å². The molecule has 1 saturated heterocycles. The summed E-state index contributed by atoms with van der Waals surface area (Å²) in [6.07, 6.45) is 0. The minimum atomic E-state index is 0. The van der Waals surface area contributed by atoms with Gasteiger partial charge >= 0.3 is 0 Å². The Balaban J connectivity index is 0.00000242. The highest BCUT2D eigenvalue weighted by Crippen LogP contribution is 2.28. The van der Waals surface area contributed by atoms with Crippen LogP contribution in [0.25, 0.3) is 0 Å². The molecule has 1 amide bonds. The van der Waals surface area contributed by atoms with Crippen LogP contribution in [-0.4, -0.2) is 55.0 Å². The predicted molar refractivity (Wildman–Crippen MR) is 101 cm³/mol. The van der Waals surface area contributed by atoms with E-state index in [4.69, 9.17) is 11.6 Å². The van der Waals surface area contributed by atoms with Gasteiger partial charge in [0.2, 0.25) is 5.91 Å². The highest BCUT2D eigenvalue weighted by Gasteiger charge is 2.29. The first-order valence-corrected chi connectivity index (χ1v) is 7.83. The molecular formula is C16H26Cl3N3O. The second-order valence-corrected chi connectivity index (χ2v) is 6.24. The smallest absolute Gasteiger partial charge is 0.237 e. The third-order valence-electron chi connectivity index (χ3n) is 4.09. The van der Waals surface area contributed by atoms with Gasteiger partial charge in [-0.3, -0.25) is 9.69 Å². The average molecular weight is 383 g/mol. The highest BCUT2D eigenvalue weighted by molar-refractivity contribution is 6.31. The second-order valence-electron chi connectivity index (χ2n) is 5.84. The lowest BCUT2D eigenvalue weighted by atomic mass is 10.0. The molecule has 23 heavy (non-hydrogen) atoms. The van der Waals surface area contributed by atoms with Crippen LogP contribution in [0, 0.1) is 0 Å². The third-order valence-corrected chi connectivity index (χ3v) is 4.44. The lowest BCUT2D eigenvalue weighted by Crippen LogP contribution is -2.51. The Labute approximate surface area is 156 Å². The zero-order valence-corrected chi connectivity index (χ0v) is 16.2.